The van der Waals surface area contributed by atoms with Crippen LogP contribution in [0, 0.1) is 5.92 Å². The van der Waals surface area contributed by atoms with Crippen molar-refractivity contribution in [2.24, 2.45) is 5.92 Å². The Morgan fingerprint density at radius 2 is 2.00 bits per heavy atom. The van der Waals surface area contributed by atoms with Gasteiger partial charge in [-0.2, -0.15) is 0 Å². The van der Waals surface area contributed by atoms with Gasteiger partial charge in [0, 0.05) is 12.8 Å². The van der Waals surface area contributed by atoms with Crippen LogP contribution in [0.15, 0.2) is 42.5 Å². The quantitative estimate of drug-likeness (QED) is 0.669. The first-order valence-electron chi connectivity index (χ1n) is 5.41. The van der Waals surface area contributed by atoms with E-state index in [1.807, 2.05) is 43.3 Å². The third-order valence-electron chi connectivity index (χ3n) is 2.31. The average molecular weight is 202 g/mol. The molecule has 0 fully saturated rings. The molecule has 0 amide bonds. The van der Waals surface area contributed by atoms with E-state index in [2.05, 4.69) is 13.0 Å². The fourth-order valence-electron chi connectivity index (χ4n) is 1.65. The zero-order valence-corrected chi connectivity index (χ0v) is 9.44. The summed E-state index contributed by atoms with van der Waals surface area (Å²) in [6, 6.07) is 9.91. The second-order valence-corrected chi connectivity index (χ2v) is 3.91. The molecule has 0 aliphatic heterocycles. The van der Waals surface area contributed by atoms with E-state index in [9.17, 15) is 4.79 Å². The van der Waals surface area contributed by atoms with E-state index in [1.165, 1.54) is 0 Å². The zero-order chi connectivity index (χ0) is 11.1. The maximum absolute atomic E-state index is 11.7. The van der Waals surface area contributed by atoms with Gasteiger partial charge in [0.25, 0.3) is 0 Å². The lowest BCUT2D eigenvalue weighted by molar-refractivity contribution is -0.118. The second kappa shape index (κ2) is 6.18. The van der Waals surface area contributed by atoms with Gasteiger partial charge in [-0.1, -0.05) is 49.4 Å². The summed E-state index contributed by atoms with van der Waals surface area (Å²) < 4.78 is 0. The third-order valence-corrected chi connectivity index (χ3v) is 2.31. The largest absolute Gasteiger partial charge is 0.299 e. The molecular formula is C14H18O. The summed E-state index contributed by atoms with van der Waals surface area (Å²) >= 11 is 0. The molecule has 0 heterocycles. The van der Waals surface area contributed by atoms with Crippen molar-refractivity contribution in [3.63, 3.8) is 0 Å². The zero-order valence-electron chi connectivity index (χ0n) is 9.44. The minimum atomic E-state index is 0.312. The smallest absolute Gasteiger partial charge is 0.137 e. The van der Waals surface area contributed by atoms with Gasteiger partial charge in [-0.15, -0.1) is 0 Å². The van der Waals surface area contributed by atoms with E-state index < -0.39 is 0 Å². The van der Waals surface area contributed by atoms with Crippen molar-refractivity contribution in [2.45, 2.75) is 26.7 Å². The Hall–Kier alpha value is -1.37. The van der Waals surface area contributed by atoms with Crippen LogP contribution in [-0.2, 0) is 11.2 Å². The van der Waals surface area contributed by atoms with E-state index >= 15 is 0 Å². The lowest BCUT2D eigenvalue weighted by Crippen LogP contribution is -2.06. The number of ketones is 1. The van der Waals surface area contributed by atoms with E-state index in [1.54, 1.807) is 0 Å². The van der Waals surface area contributed by atoms with Gasteiger partial charge in [-0.25, -0.2) is 0 Å². The Balaban J connectivity index is 2.43. The molecule has 1 atom stereocenters. The average Bonchev–Trinajstić information content (AvgIpc) is 2.19. The Morgan fingerprint density at radius 3 is 2.60 bits per heavy atom. The van der Waals surface area contributed by atoms with Crippen molar-refractivity contribution in [1.82, 2.24) is 0 Å². The van der Waals surface area contributed by atoms with Crippen LogP contribution < -0.4 is 0 Å². The number of hydrogen-bond acceptors (Lipinski definition) is 1. The van der Waals surface area contributed by atoms with Crippen molar-refractivity contribution < 1.29 is 4.79 Å². The van der Waals surface area contributed by atoms with Gasteiger partial charge in [0.15, 0.2) is 0 Å². The first kappa shape index (κ1) is 11.7. The standard InChI is InChI=1S/C14H18O/c1-3-7-12(2)10-14(15)11-13-8-5-4-6-9-13/h3-9,12H,10-11H2,1-2H3/b7-3-. The summed E-state index contributed by atoms with van der Waals surface area (Å²) in [5.74, 6) is 0.665. The predicted molar refractivity (Wildman–Crippen MR) is 63.7 cm³/mol. The normalized spacial score (nSPS) is 12.9. The fraction of sp³-hybridized carbons (Fsp3) is 0.357. The van der Waals surface area contributed by atoms with Gasteiger partial charge in [0.2, 0.25) is 0 Å². The van der Waals surface area contributed by atoms with E-state index in [0.29, 0.717) is 24.5 Å². The van der Waals surface area contributed by atoms with Crippen molar-refractivity contribution in [1.29, 1.82) is 0 Å². The number of carbonyl (C=O) groups is 1. The lowest BCUT2D eigenvalue weighted by Gasteiger charge is -2.05. The predicted octanol–water partition coefficient (Wildman–Crippen LogP) is 3.40. The Labute approximate surface area is 91.8 Å². The van der Waals surface area contributed by atoms with Crippen LogP contribution in [0.1, 0.15) is 25.8 Å². The van der Waals surface area contributed by atoms with Crippen LogP contribution in [0.25, 0.3) is 0 Å². The summed E-state index contributed by atoms with van der Waals surface area (Å²) in [6.07, 6.45) is 5.27. The van der Waals surface area contributed by atoms with Crippen molar-refractivity contribution in [3.05, 3.63) is 48.0 Å². The highest BCUT2D eigenvalue weighted by atomic mass is 16.1. The number of benzene rings is 1. The molecule has 0 aliphatic rings. The number of rotatable bonds is 5. The molecule has 1 aromatic rings. The molecule has 0 aliphatic carbocycles. The van der Waals surface area contributed by atoms with Gasteiger partial charge >= 0.3 is 0 Å². The Kier molecular flexibility index (Phi) is 4.82. The molecule has 1 heteroatoms. The van der Waals surface area contributed by atoms with Crippen LogP contribution in [0.5, 0.6) is 0 Å². The highest BCUT2D eigenvalue weighted by molar-refractivity contribution is 5.81. The maximum Gasteiger partial charge on any atom is 0.137 e. The molecule has 0 spiro atoms. The molecular weight excluding hydrogens is 184 g/mol. The molecule has 1 unspecified atom stereocenters. The van der Waals surface area contributed by atoms with E-state index in [-0.39, 0.29) is 0 Å². The molecule has 0 saturated heterocycles. The molecule has 0 radical (unpaired) electrons. The van der Waals surface area contributed by atoms with Crippen LogP contribution >= 0.6 is 0 Å². The van der Waals surface area contributed by atoms with Gasteiger partial charge in [0.1, 0.15) is 5.78 Å². The topological polar surface area (TPSA) is 17.1 Å². The van der Waals surface area contributed by atoms with E-state index in [0.717, 1.165) is 5.56 Å². The minimum Gasteiger partial charge on any atom is -0.299 e. The summed E-state index contributed by atoms with van der Waals surface area (Å²) in [5, 5.41) is 0. The molecule has 80 valence electrons. The fourth-order valence-corrected chi connectivity index (χ4v) is 1.65. The van der Waals surface area contributed by atoms with Crippen LogP contribution in [0.2, 0.25) is 0 Å². The number of carbonyl (C=O) groups excluding carboxylic acids is 1. The Morgan fingerprint density at radius 1 is 1.33 bits per heavy atom. The molecule has 1 rings (SSSR count). The minimum absolute atomic E-state index is 0.312. The first-order valence-corrected chi connectivity index (χ1v) is 5.41. The summed E-state index contributed by atoms with van der Waals surface area (Å²) in [7, 11) is 0. The van der Waals surface area contributed by atoms with E-state index in [4.69, 9.17) is 0 Å². The molecule has 0 saturated carbocycles. The van der Waals surface area contributed by atoms with Crippen molar-refractivity contribution in [2.75, 3.05) is 0 Å². The SMILES string of the molecule is C/C=C\C(C)CC(=O)Cc1ccccc1. The number of Topliss-reactive ketones (excluding diaryl/α,β-unsaturated/α-hetero) is 1. The highest BCUT2D eigenvalue weighted by Crippen LogP contribution is 2.08. The van der Waals surface area contributed by atoms with Gasteiger partial charge in [-0.3, -0.25) is 4.79 Å². The van der Waals surface area contributed by atoms with Crippen molar-refractivity contribution in [3.8, 4) is 0 Å². The van der Waals surface area contributed by atoms with Crippen molar-refractivity contribution >= 4 is 5.78 Å². The summed E-state index contributed by atoms with van der Waals surface area (Å²) in [6.45, 7) is 4.06. The van der Waals surface area contributed by atoms with Gasteiger partial charge in [0.05, 0.1) is 0 Å². The number of allylic oxidation sites excluding steroid dienone is 2. The molecule has 0 N–H and O–H groups in total. The van der Waals surface area contributed by atoms with Crippen LogP contribution in [-0.4, -0.2) is 5.78 Å². The lowest BCUT2D eigenvalue weighted by atomic mass is 9.99. The van der Waals surface area contributed by atoms with Gasteiger partial charge in [-0.05, 0) is 18.4 Å². The molecule has 0 bridgehead atoms. The summed E-state index contributed by atoms with van der Waals surface area (Å²) in [5.41, 5.74) is 1.11. The highest BCUT2D eigenvalue weighted by Gasteiger charge is 2.06. The van der Waals surface area contributed by atoms with Gasteiger partial charge < -0.3 is 0 Å². The molecule has 1 aromatic carbocycles. The monoisotopic (exact) mass is 202 g/mol. The summed E-state index contributed by atoms with van der Waals surface area (Å²) in [4.78, 5) is 11.7. The maximum atomic E-state index is 11.7. The second-order valence-electron chi connectivity index (χ2n) is 3.91. The van der Waals surface area contributed by atoms with Crippen LogP contribution in [0.3, 0.4) is 0 Å². The third kappa shape index (κ3) is 4.59. The molecule has 15 heavy (non-hydrogen) atoms. The van der Waals surface area contributed by atoms with Crippen LogP contribution in [0.4, 0.5) is 0 Å². The molecule has 0 aromatic heterocycles. The Bertz CT molecular complexity index is 324. The number of hydrogen-bond donors (Lipinski definition) is 0. The molecule has 1 nitrogen and oxygen atoms in total. The first-order chi connectivity index (χ1) is 7.22.